The third-order valence-corrected chi connectivity index (χ3v) is 3.53. The fraction of sp³-hybridized carbons (Fsp3) is 0.714. The van der Waals surface area contributed by atoms with E-state index in [-0.39, 0.29) is 17.7 Å². The predicted octanol–water partition coefficient (Wildman–Crippen LogP) is 2.52. The molecule has 2 rings (SSSR count). The first-order chi connectivity index (χ1) is 8.25. The maximum atomic E-state index is 11.7. The minimum Gasteiger partial charge on any atom is -0.281 e. The third kappa shape index (κ3) is 2.76. The Labute approximate surface area is 103 Å². The van der Waals surface area contributed by atoms with Gasteiger partial charge in [-0.05, 0) is 38.0 Å². The molecule has 17 heavy (non-hydrogen) atoms. The topological polar surface area (TPSA) is 37.4 Å². The smallest absolute Gasteiger partial charge is 0.242 e. The number of rotatable bonds is 7. The summed E-state index contributed by atoms with van der Waals surface area (Å²) in [6.07, 6.45) is 10.6. The van der Waals surface area contributed by atoms with Gasteiger partial charge in [-0.3, -0.25) is 14.5 Å². The molecule has 0 N–H and O–H groups in total. The summed E-state index contributed by atoms with van der Waals surface area (Å²) < 4.78 is 0. The zero-order chi connectivity index (χ0) is 12.3. The van der Waals surface area contributed by atoms with Crippen LogP contribution in [0.25, 0.3) is 0 Å². The molecule has 0 aromatic carbocycles. The second-order valence-corrected chi connectivity index (χ2v) is 5.05. The van der Waals surface area contributed by atoms with Gasteiger partial charge in [-0.1, -0.05) is 25.5 Å². The molecule has 1 saturated carbocycles. The van der Waals surface area contributed by atoms with Gasteiger partial charge < -0.3 is 0 Å². The SMILES string of the molecule is CCCC=CCCCN1C(=O)C(C2CC2)C1=O. The van der Waals surface area contributed by atoms with Crippen LogP contribution in [0.2, 0.25) is 0 Å². The highest BCUT2D eigenvalue weighted by molar-refractivity contribution is 6.18. The quantitative estimate of drug-likeness (QED) is 0.294. The third-order valence-electron chi connectivity index (χ3n) is 3.53. The standard InChI is InChI=1S/C14H21NO2/c1-2-3-4-5-6-7-10-15-13(16)12(14(15)17)11-8-9-11/h4-5,11-12H,2-3,6-10H2,1H3. The molecule has 3 heteroatoms. The van der Waals surface area contributed by atoms with E-state index in [2.05, 4.69) is 19.1 Å². The maximum Gasteiger partial charge on any atom is 0.242 e. The van der Waals surface area contributed by atoms with Crippen molar-refractivity contribution in [2.24, 2.45) is 11.8 Å². The second kappa shape index (κ2) is 5.48. The van der Waals surface area contributed by atoms with Crippen LogP contribution in [0.15, 0.2) is 12.2 Å². The molecule has 1 aliphatic carbocycles. The van der Waals surface area contributed by atoms with Crippen molar-refractivity contribution < 1.29 is 9.59 Å². The van der Waals surface area contributed by atoms with Crippen LogP contribution in [-0.2, 0) is 9.59 Å². The normalized spacial score (nSPS) is 21.4. The van der Waals surface area contributed by atoms with Crippen LogP contribution in [0.5, 0.6) is 0 Å². The summed E-state index contributed by atoms with van der Waals surface area (Å²) in [4.78, 5) is 24.9. The number of imide groups is 1. The molecule has 94 valence electrons. The zero-order valence-electron chi connectivity index (χ0n) is 10.5. The zero-order valence-corrected chi connectivity index (χ0v) is 10.5. The predicted molar refractivity (Wildman–Crippen MR) is 66.2 cm³/mol. The van der Waals surface area contributed by atoms with Crippen molar-refractivity contribution in [3.63, 3.8) is 0 Å². The Balaban J connectivity index is 1.64. The molecule has 2 aliphatic rings. The van der Waals surface area contributed by atoms with Crippen LogP contribution in [0.4, 0.5) is 0 Å². The van der Waals surface area contributed by atoms with Gasteiger partial charge in [0.05, 0.1) is 0 Å². The van der Waals surface area contributed by atoms with Gasteiger partial charge in [-0.15, -0.1) is 0 Å². The van der Waals surface area contributed by atoms with E-state index in [0.717, 1.165) is 32.1 Å². The molecule has 1 saturated heterocycles. The van der Waals surface area contributed by atoms with Crippen molar-refractivity contribution in [2.45, 2.75) is 45.4 Å². The van der Waals surface area contributed by atoms with Gasteiger partial charge in [0.15, 0.2) is 0 Å². The van der Waals surface area contributed by atoms with Crippen molar-refractivity contribution in [1.82, 2.24) is 4.90 Å². The van der Waals surface area contributed by atoms with E-state index in [0.29, 0.717) is 12.5 Å². The molecule has 0 unspecified atom stereocenters. The minimum atomic E-state index is -0.259. The van der Waals surface area contributed by atoms with E-state index in [1.165, 1.54) is 11.3 Å². The highest BCUT2D eigenvalue weighted by Gasteiger charge is 2.53. The molecule has 0 atom stereocenters. The van der Waals surface area contributed by atoms with Gasteiger partial charge in [-0.25, -0.2) is 0 Å². The van der Waals surface area contributed by atoms with Crippen LogP contribution in [0.1, 0.15) is 45.4 Å². The van der Waals surface area contributed by atoms with Crippen molar-refractivity contribution in [3.8, 4) is 0 Å². The van der Waals surface area contributed by atoms with Crippen LogP contribution >= 0.6 is 0 Å². The lowest BCUT2D eigenvalue weighted by atomic mass is 9.92. The van der Waals surface area contributed by atoms with Gasteiger partial charge in [0.1, 0.15) is 5.92 Å². The fourth-order valence-electron chi connectivity index (χ4n) is 2.31. The maximum absolute atomic E-state index is 11.7. The van der Waals surface area contributed by atoms with Crippen molar-refractivity contribution in [1.29, 1.82) is 0 Å². The average molecular weight is 235 g/mol. The largest absolute Gasteiger partial charge is 0.281 e. The van der Waals surface area contributed by atoms with Crippen LogP contribution in [0.3, 0.4) is 0 Å². The highest BCUT2D eigenvalue weighted by Crippen LogP contribution is 2.42. The van der Waals surface area contributed by atoms with E-state index >= 15 is 0 Å². The van der Waals surface area contributed by atoms with Gasteiger partial charge >= 0.3 is 0 Å². The van der Waals surface area contributed by atoms with E-state index in [4.69, 9.17) is 0 Å². The summed E-state index contributed by atoms with van der Waals surface area (Å²) in [6, 6.07) is 0. The monoisotopic (exact) mass is 235 g/mol. The first kappa shape index (κ1) is 12.3. The Bertz CT molecular complexity index is 315. The Hall–Kier alpha value is -1.12. The van der Waals surface area contributed by atoms with E-state index < -0.39 is 0 Å². The molecule has 0 radical (unpaired) electrons. The van der Waals surface area contributed by atoms with Gasteiger partial charge in [0.25, 0.3) is 0 Å². The van der Waals surface area contributed by atoms with Gasteiger partial charge in [0, 0.05) is 6.54 Å². The molecule has 0 aromatic rings. The molecule has 2 fully saturated rings. The number of amides is 2. The molecule has 0 aromatic heterocycles. The summed E-state index contributed by atoms with van der Waals surface area (Å²) in [5.74, 6) is 0.284. The van der Waals surface area contributed by atoms with E-state index in [1.807, 2.05) is 0 Å². The van der Waals surface area contributed by atoms with Gasteiger partial charge in [0.2, 0.25) is 11.8 Å². The number of likely N-dealkylation sites (tertiary alicyclic amines) is 1. The Kier molecular flexibility index (Phi) is 3.97. The second-order valence-electron chi connectivity index (χ2n) is 5.05. The molecule has 2 amide bonds. The van der Waals surface area contributed by atoms with Gasteiger partial charge in [-0.2, -0.15) is 0 Å². The average Bonchev–Trinajstić information content (AvgIpc) is 3.12. The molecular weight excluding hydrogens is 214 g/mol. The lowest BCUT2D eigenvalue weighted by Gasteiger charge is -2.36. The molecule has 0 spiro atoms. The van der Waals surface area contributed by atoms with Crippen LogP contribution in [-0.4, -0.2) is 23.3 Å². The molecule has 1 heterocycles. The first-order valence-corrected chi connectivity index (χ1v) is 6.76. The summed E-state index contributed by atoms with van der Waals surface area (Å²) in [5, 5.41) is 0. The summed E-state index contributed by atoms with van der Waals surface area (Å²) in [6.45, 7) is 2.76. The summed E-state index contributed by atoms with van der Waals surface area (Å²) >= 11 is 0. The number of hydrogen-bond acceptors (Lipinski definition) is 2. The Morgan fingerprint density at radius 1 is 1.18 bits per heavy atom. The van der Waals surface area contributed by atoms with Crippen LogP contribution in [0, 0.1) is 11.8 Å². The lowest BCUT2D eigenvalue weighted by Crippen LogP contribution is -2.58. The number of β-lactam (4-membered cyclic amide) rings is 2. The molecule has 3 nitrogen and oxygen atoms in total. The van der Waals surface area contributed by atoms with Crippen molar-refractivity contribution in [2.75, 3.05) is 6.54 Å². The first-order valence-electron chi connectivity index (χ1n) is 6.76. The van der Waals surface area contributed by atoms with E-state index in [9.17, 15) is 9.59 Å². The number of carbonyl (C=O) groups excluding carboxylic acids is 2. The Morgan fingerprint density at radius 3 is 2.41 bits per heavy atom. The van der Waals surface area contributed by atoms with Crippen LogP contribution < -0.4 is 0 Å². The number of nitrogens with zero attached hydrogens (tertiary/aromatic N) is 1. The minimum absolute atomic E-state index is 0.0787. The molecule has 1 aliphatic heterocycles. The number of carbonyl (C=O) groups is 2. The number of unbranched alkanes of at least 4 members (excludes halogenated alkanes) is 2. The molecule has 0 bridgehead atoms. The summed E-state index contributed by atoms with van der Waals surface area (Å²) in [5.41, 5.74) is 0. The summed E-state index contributed by atoms with van der Waals surface area (Å²) in [7, 11) is 0. The highest BCUT2D eigenvalue weighted by atomic mass is 16.2. The lowest BCUT2D eigenvalue weighted by molar-refractivity contribution is -0.166. The number of hydrogen-bond donors (Lipinski definition) is 0. The Morgan fingerprint density at radius 2 is 1.82 bits per heavy atom. The molecular formula is C14H21NO2. The fourth-order valence-corrected chi connectivity index (χ4v) is 2.31. The van der Waals surface area contributed by atoms with E-state index in [1.54, 1.807) is 0 Å². The number of allylic oxidation sites excluding steroid dienone is 2. The van der Waals surface area contributed by atoms with Crippen molar-refractivity contribution in [3.05, 3.63) is 12.2 Å². The van der Waals surface area contributed by atoms with Crippen molar-refractivity contribution >= 4 is 11.8 Å².